The second-order valence-corrected chi connectivity index (χ2v) is 6.05. The number of nitrogens with one attached hydrogen (secondary N) is 2. The third-order valence-corrected chi connectivity index (χ3v) is 3.59. The Bertz CT molecular complexity index is 437. The Labute approximate surface area is 120 Å². The first kappa shape index (κ1) is 15.3. The summed E-state index contributed by atoms with van der Waals surface area (Å²) in [6.07, 6.45) is 1.15. The molecule has 1 aliphatic heterocycles. The molecular formula is C16H25FN2O. The normalized spacial score (nSPS) is 19.3. The lowest BCUT2D eigenvalue weighted by molar-refractivity contribution is 0.120. The van der Waals surface area contributed by atoms with Gasteiger partial charge in [0.25, 0.3) is 0 Å². The van der Waals surface area contributed by atoms with Crippen LogP contribution in [0.3, 0.4) is 0 Å². The van der Waals surface area contributed by atoms with Crippen molar-refractivity contribution in [1.29, 1.82) is 0 Å². The molecule has 3 nitrogen and oxygen atoms in total. The van der Waals surface area contributed by atoms with E-state index in [2.05, 4.69) is 16.7 Å². The van der Waals surface area contributed by atoms with Crippen LogP contribution < -0.4 is 15.4 Å². The summed E-state index contributed by atoms with van der Waals surface area (Å²) in [5, 5.41) is 6.59. The number of halogens is 1. The average Bonchev–Trinajstić information content (AvgIpc) is 2.90. The van der Waals surface area contributed by atoms with Gasteiger partial charge in [0.1, 0.15) is 18.0 Å². The lowest BCUT2D eigenvalue weighted by Gasteiger charge is -2.21. The first-order valence-corrected chi connectivity index (χ1v) is 7.30. The molecule has 1 saturated heterocycles. The van der Waals surface area contributed by atoms with Crippen LogP contribution in [0.4, 0.5) is 4.39 Å². The highest BCUT2D eigenvalue weighted by molar-refractivity contribution is 5.42. The van der Waals surface area contributed by atoms with E-state index in [0.29, 0.717) is 5.92 Å². The van der Waals surface area contributed by atoms with Gasteiger partial charge in [0.15, 0.2) is 0 Å². The van der Waals surface area contributed by atoms with Crippen molar-refractivity contribution >= 4 is 0 Å². The van der Waals surface area contributed by atoms with E-state index in [1.54, 1.807) is 0 Å². The Hall–Kier alpha value is -1.13. The molecule has 2 N–H and O–H groups in total. The zero-order chi connectivity index (χ0) is 14.6. The molecule has 0 amide bonds. The number of hydrogen-bond acceptors (Lipinski definition) is 3. The van der Waals surface area contributed by atoms with Crippen LogP contribution in [0, 0.1) is 0 Å². The van der Waals surface area contributed by atoms with Crippen molar-refractivity contribution in [2.45, 2.75) is 38.4 Å². The van der Waals surface area contributed by atoms with E-state index in [-0.39, 0.29) is 6.61 Å². The summed E-state index contributed by atoms with van der Waals surface area (Å²) in [6, 6.07) is 6.11. The summed E-state index contributed by atoms with van der Waals surface area (Å²) in [7, 11) is 1.92. The third-order valence-electron chi connectivity index (χ3n) is 3.59. The first-order chi connectivity index (χ1) is 9.51. The fraction of sp³-hybridized carbons (Fsp3) is 0.625. The molecule has 1 aromatic carbocycles. The van der Waals surface area contributed by atoms with E-state index >= 15 is 0 Å². The zero-order valence-corrected chi connectivity index (χ0v) is 12.6. The summed E-state index contributed by atoms with van der Waals surface area (Å²) in [5.74, 6) is 1.33. The van der Waals surface area contributed by atoms with Crippen molar-refractivity contribution in [1.82, 2.24) is 10.6 Å². The topological polar surface area (TPSA) is 33.3 Å². The summed E-state index contributed by atoms with van der Waals surface area (Å²) < 4.78 is 19.4. The van der Waals surface area contributed by atoms with Gasteiger partial charge in [-0.2, -0.15) is 0 Å². The Balaban J connectivity index is 2.23. The Kier molecular flexibility index (Phi) is 5.00. The number of hydrogen-bond donors (Lipinski definition) is 2. The van der Waals surface area contributed by atoms with Crippen LogP contribution in [0.1, 0.15) is 37.3 Å². The fourth-order valence-electron chi connectivity index (χ4n) is 2.64. The van der Waals surface area contributed by atoms with Crippen LogP contribution in [0.25, 0.3) is 0 Å². The molecule has 0 spiro atoms. The molecule has 1 aliphatic rings. The fourth-order valence-corrected chi connectivity index (χ4v) is 2.64. The van der Waals surface area contributed by atoms with Crippen molar-refractivity contribution in [3.8, 4) is 5.75 Å². The minimum absolute atomic E-state index is 0.0794. The highest BCUT2D eigenvalue weighted by Gasteiger charge is 2.22. The molecule has 4 heteroatoms. The predicted molar refractivity (Wildman–Crippen MR) is 80.1 cm³/mol. The molecule has 0 aliphatic carbocycles. The molecule has 0 unspecified atom stereocenters. The van der Waals surface area contributed by atoms with Gasteiger partial charge in [0, 0.05) is 18.7 Å². The van der Waals surface area contributed by atoms with Gasteiger partial charge in [0.2, 0.25) is 0 Å². The maximum Gasteiger partial charge on any atom is 0.139 e. The summed E-state index contributed by atoms with van der Waals surface area (Å²) >= 11 is 0. The first-order valence-electron chi connectivity index (χ1n) is 7.30. The molecular weight excluding hydrogens is 255 g/mol. The molecule has 0 bridgehead atoms. The van der Waals surface area contributed by atoms with Crippen LogP contribution in [0.5, 0.6) is 5.75 Å². The van der Waals surface area contributed by atoms with Gasteiger partial charge < -0.3 is 15.4 Å². The molecule has 0 saturated carbocycles. The lowest BCUT2D eigenvalue weighted by Crippen LogP contribution is -2.23. The Morgan fingerprint density at radius 1 is 1.45 bits per heavy atom. The third kappa shape index (κ3) is 3.93. The van der Waals surface area contributed by atoms with E-state index in [9.17, 15) is 4.39 Å². The summed E-state index contributed by atoms with van der Waals surface area (Å²) in [5.41, 5.74) is 1.16. The van der Waals surface area contributed by atoms with E-state index in [0.717, 1.165) is 37.4 Å². The molecule has 20 heavy (non-hydrogen) atoms. The lowest BCUT2D eigenvalue weighted by atomic mass is 9.92. The van der Waals surface area contributed by atoms with Gasteiger partial charge in [-0.15, -0.1) is 0 Å². The maximum atomic E-state index is 13.6. The van der Waals surface area contributed by atoms with E-state index < -0.39 is 5.67 Å². The van der Waals surface area contributed by atoms with Crippen LogP contribution in [0.2, 0.25) is 0 Å². The largest absolute Gasteiger partial charge is 0.490 e. The van der Waals surface area contributed by atoms with Crippen molar-refractivity contribution in [3.63, 3.8) is 0 Å². The highest BCUT2D eigenvalue weighted by atomic mass is 19.1. The average molecular weight is 280 g/mol. The SMILES string of the molecule is CNCc1c(OCC(C)(C)F)cccc1[C@H]1CCNC1. The Morgan fingerprint density at radius 2 is 2.25 bits per heavy atom. The van der Waals surface area contributed by atoms with E-state index in [4.69, 9.17) is 4.74 Å². The van der Waals surface area contributed by atoms with Gasteiger partial charge in [-0.25, -0.2) is 4.39 Å². The number of benzene rings is 1. The standard InChI is InChI=1S/C16H25FN2O/c1-16(2,17)11-20-15-6-4-5-13(14(15)10-18-3)12-7-8-19-9-12/h4-6,12,18-19H,7-11H2,1-3H3/t12-/m0/s1. The number of ether oxygens (including phenoxy) is 1. The highest BCUT2D eigenvalue weighted by Crippen LogP contribution is 2.32. The van der Waals surface area contributed by atoms with Crippen molar-refractivity contribution in [2.75, 3.05) is 26.7 Å². The van der Waals surface area contributed by atoms with Gasteiger partial charge >= 0.3 is 0 Å². The second-order valence-electron chi connectivity index (χ2n) is 6.05. The van der Waals surface area contributed by atoms with Crippen molar-refractivity contribution in [3.05, 3.63) is 29.3 Å². The number of rotatable bonds is 6. The Morgan fingerprint density at radius 3 is 2.85 bits per heavy atom. The molecule has 2 rings (SSSR count). The van der Waals surface area contributed by atoms with Crippen LogP contribution in [0.15, 0.2) is 18.2 Å². The van der Waals surface area contributed by atoms with Crippen LogP contribution >= 0.6 is 0 Å². The maximum absolute atomic E-state index is 13.6. The molecule has 1 fully saturated rings. The van der Waals surface area contributed by atoms with E-state index in [1.807, 2.05) is 19.2 Å². The second kappa shape index (κ2) is 6.55. The molecule has 0 radical (unpaired) electrons. The van der Waals surface area contributed by atoms with Gasteiger partial charge in [-0.05, 0) is 51.4 Å². The number of alkyl halides is 1. The quantitative estimate of drug-likeness (QED) is 0.840. The smallest absolute Gasteiger partial charge is 0.139 e. The van der Waals surface area contributed by atoms with Gasteiger partial charge in [-0.3, -0.25) is 0 Å². The van der Waals surface area contributed by atoms with E-state index in [1.165, 1.54) is 19.4 Å². The molecule has 1 aromatic rings. The van der Waals surface area contributed by atoms with Crippen molar-refractivity contribution in [2.24, 2.45) is 0 Å². The molecule has 112 valence electrons. The van der Waals surface area contributed by atoms with Crippen LogP contribution in [-0.4, -0.2) is 32.4 Å². The minimum atomic E-state index is -1.32. The monoisotopic (exact) mass is 280 g/mol. The van der Waals surface area contributed by atoms with Gasteiger partial charge in [-0.1, -0.05) is 12.1 Å². The summed E-state index contributed by atoms with van der Waals surface area (Å²) in [6.45, 7) is 5.97. The van der Waals surface area contributed by atoms with Crippen molar-refractivity contribution < 1.29 is 9.13 Å². The minimum Gasteiger partial charge on any atom is -0.490 e. The molecule has 0 aromatic heterocycles. The molecule has 1 heterocycles. The zero-order valence-electron chi connectivity index (χ0n) is 12.6. The molecule has 1 atom stereocenters. The predicted octanol–water partition coefficient (Wildman–Crippen LogP) is 2.61. The van der Waals surface area contributed by atoms with Gasteiger partial charge in [0.05, 0.1) is 0 Å². The van der Waals surface area contributed by atoms with Crippen LogP contribution in [-0.2, 0) is 6.54 Å². The summed E-state index contributed by atoms with van der Waals surface area (Å²) in [4.78, 5) is 0.